The van der Waals surface area contributed by atoms with Crippen LogP contribution >= 0.6 is 0 Å². The Hall–Kier alpha value is -1.88. The van der Waals surface area contributed by atoms with Crippen molar-refractivity contribution in [1.82, 2.24) is 10.2 Å². The highest BCUT2D eigenvalue weighted by Crippen LogP contribution is 2.34. The molecular formula is C17H23N3O2. The van der Waals surface area contributed by atoms with Crippen molar-refractivity contribution in [3.05, 3.63) is 35.4 Å². The summed E-state index contributed by atoms with van der Waals surface area (Å²) in [7, 11) is 1.62. The zero-order valence-corrected chi connectivity index (χ0v) is 13.3. The zero-order chi connectivity index (χ0) is 15.6. The van der Waals surface area contributed by atoms with Crippen molar-refractivity contribution in [2.75, 3.05) is 20.1 Å². The molecule has 0 aliphatic carbocycles. The number of carbonyl (C=O) groups is 1. The summed E-state index contributed by atoms with van der Waals surface area (Å²) >= 11 is 0. The van der Waals surface area contributed by atoms with Crippen LogP contribution in [0.4, 0.5) is 0 Å². The molecule has 0 unspecified atom stereocenters. The van der Waals surface area contributed by atoms with Crippen molar-refractivity contribution in [2.24, 2.45) is 5.16 Å². The number of aryl methyl sites for hydroxylation is 1. The van der Waals surface area contributed by atoms with Gasteiger partial charge in [-0.1, -0.05) is 36.3 Å². The number of benzene rings is 1. The molecule has 0 saturated carbocycles. The smallest absolute Gasteiger partial charge is 0.268 e. The van der Waals surface area contributed by atoms with Gasteiger partial charge in [0.2, 0.25) is 0 Å². The SMILES string of the molecule is CCc1ccc(CN2CC[C@]3(CC(C(=O)NC)=NO3)C2)cc1. The lowest BCUT2D eigenvalue weighted by atomic mass is 9.96. The molecule has 2 aliphatic heterocycles. The van der Waals surface area contributed by atoms with Gasteiger partial charge in [0.1, 0.15) is 5.71 Å². The maximum absolute atomic E-state index is 11.7. The van der Waals surface area contributed by atoms with E-state index >= 15 is 0 Å². The summed E-state index contributed by atoms with van der Waals surface area (Å²) in [6, 6.07) is 8.79. The molecule has 1 aromatic carbocycles. The lowest BCUT2D eigenvalue weighted by Crippen LogP contribution is -2.36. The van der Waals surface area contributed by atoms with E-state index in [0.717, 1.165) is 32.5 Å². The third-order valence-electron chi connectivity index (χ3n) is 4.56. The molecule has 1 amide bonds. The number of rotatable bonds is 4. The fourth-order valence-electron chi connectivity index (χ4n) is 3.21. The lowest BCUT2D eigenvalue weighted by molar-refractivity contribution is -0.114. The quantitative estimate of drug-likeness (QED) is 0.921. The first-order valence-electron chi connectivity index (χ1n) is 7.91. The van der Waals surface area contributed by atoms with Gasteiger partial charge in [-0.05, 0) is 17.5 Å². The fraction of sp³-hybridized carbons (Fsp3) is 0.529. The van der Waals surface area contributed by atoms with Crippen molar-refractivity contribution >= 4 is 11.6 Å². The molecule has 1 aromatic rings. The molecule has 5 heteroatoms. The molecule has 22 heavy (non-hydrogen) atoms. The number of carbonyl (C=O) groups excluding carboxylic acids is 1. The van der Waals surface area contributed by atoms with Crippen LogP contribution in [-0.2, 0) is 22.6 Å². The molecule has 0 aromatic heterocycles. The predicted octanol–water partition coefficient (Wildman–Crippen LogP) is 1.72. The Morgan fingerprint density at radius 2 is 2.09 bits per heavy atom. The van der Waals surface area contributed by atoms with E-state index in [1.165, 1.54) is 11.1 Å². The number of amides is 1. The number of nitrogens with one attached hydrogen (secondary N) is 1. The molecule has 0 radical (unpaired) electrons. The molecule has 3 rings (SSSR count). The number of hydrogen-bond donors (Lipinski definition) is 1. The van der Waals surface area contributed by atoms with Gasteiger partial charge in [-0.25, -0.2) is 0 Å². The van der Waals surface area contributed by atoms with E-state index < -0.39 is 0 Å². The summed E-state index contributed by atoms with van der Waals surface area (Å²) < 4.78 is 0. The summed E-state index contributed by atoms with van der Waals surface area (Å²) in [5, 5.41) is 6.60. The highest BCUT2D eigenvalue weighted by atomic mass is 16.7. The van der Waals surface area contributed by atoms with E-state index in [2.05, 4.69) is 46.6 Å². The Kier molecular flexibility index (Phi) is 4.16. The molecular weight excluding hydrogens is 278 g/mol. The summed E-state index contributed by atoms with van der Waals surface area (Å²) in [5.41, 5.74) is 2.89. The van der Waals surface area contributed by atoms with Crippen molar-refractivity contribution in [2.45, 2.75) is 38.3 Å². The van der Waals surface area contributed by atoms with Gasteiger partial charge in [0, 0.05) is 39.5 Å². The third-order valence-corrected chi connectivity index (χ3v) is 4.56. The first-order chi connectivity index (χ1) is 10.6. The van der Waals surface area contributed by atoms with Gasteiger partial charge in [0.25, 0.3) is 5.91 Å². The first kappa shape index (κ1) is 15.0. The lowest BCUT2D eigenvalue weighted by Gasteiger charge is -2.21. The number of likely N-dealkylation sites (tertiary alicyclic amines) is 1. The number of hydrogen-bond acceptors (Lipinski definition) is 4. The van der Waals surface area contributed by atoms with Crippen molar-refractivity contribution in [3.63, 3.8) is 0 Å². The van der Waals surface area contributed by atoms with E-state index in [1.54, 1.807) is 7.05 Å². The summed E-state index contributed by atoms with van der Waals surface area (Å²) in [6.07, 6.45) is 2.60. The molecule has 1 spiro atoms. The van der Waals surface area contributed by atoms with Gasteiger partial charge < -0.3 is 10.2 Å². The van der Waals surface area contributed by atoms with Crippen molar-refractivity contribution < 1.29 is 9.63 Å². The molecule has 2 aliphatic rings. The van der Waals surface area contributed by atoms with Crippen LogP contribution in [0.5, 0.6) is 0 Å². The minimum absolute atomic E-state index is 0.134. The molecule has 1 fully saturated rings. The van der Waals surface area contributed by atoms with Crippen LogP contribution in [0.3, 0.4) is 0 Å². The van der Waals surface area contributed by atoms with Gasteiger partial charge in [-0.3, -0.25) is 9.69 Å². The van der Waals surface area contributed by atoms with Gasteiger partial charge in [0.05, 0.1) is 0 Å². The average Bonchev–Trinajstić information content (AvgIpc) is 3.15. The maximum atomic E-state index is 11.7. The first-order valence-corrected chi connectivity index (χ1v) is 7.91. The van der Waals surface area contributed by atoms with E-state index in [0.29, 0.717) is 12.1 Å². The van der Waals surface area contributed by atoms with Gasteiger partial charge in [-0.2, -0.15) is 0 Å². The Morgan fingerprint density at radius 3 is 2.77 bits per heavy atom. The van der Waals surface area contributed by atoms with Crippen LogP contribution in [0, 0.1) is 0 Å². The fourth-order valence-corrected chi connectivity index (χ4v) is 3.21. The normalized spacial score (nSPS) is 24.4. The zero-order valence-electron chi connectivity index (χ0n) is 13.3. The van der Waals surface area contributed by atoms with E-state index in [4.69, 9.17) is 4.84 Å². The van der Waals surface area contributed by atoms with Crippen LogP contribution in [0.2, 0.25) is 0 Å². The van der Waals surface area contributed by atoms with Crippen molar-refractivity contribution in [3.8, 4) is 0 Å². The number of oxime groups is 1. The topological polar surface area (TPSA) is 53.9 Å². The Bertz CT molecular complexity index is 582. The van der Waals surface area contributed by atoms with Crippen LogP contribution in [-0.4, -0.2) is 42.3 Å². The molecule has 1 atom stereocenters. The maximum Gasteiger partial charge on any atom is 0.268 e. The molecule has 0 bridgehead atoms. The molecule has 2 heterocycles. The summed E-state index contributed by atoms with van der Waals surface area (Å²) in [4.78, 5) is 19.7. The third kappa shape index (κ3) is 2.99. The van der Waals surface area contributed by atoms with Gasteiger partial charge in [0.15, 0.2) is 5.60 Å². The second-order valence-corrected chi connectivity index (χ2v) is 6.20. The second kappa shape index (κ2) is 6.08. The van der Waals surface area contributed by atoms with E-state index in [9.17, 15) is 4.79 Å². The second-order valence-electron chi connectivity index (χ2n) is 6.20. The number of nitrogens with zero attached hydrogens (tertiary/aromatic N) is 2. The van der Waals surface area contributed by atoms with E-state index in [1.807, 2.05) is 0 Å². The van der Waals surface area contributed by atoms with Crippen LogP contribution in [0.25, 0.3) is 0 Å². The van der Waals surface area contributed by atoms with Gasteiger partial charge in [-0.15, -0.1) is 0 Å². The Balaban J connectivity index is 1.57. The molecule has 5 nitrogen and oxygen atoms in total. The minimum Gasteiger partial charge on any atom is -0.387 e. The summed E-state index contributed by atoms with van der Waals surface area (Å²) in [6.45, 7) is 4.89. The van der Waals surface area contributed by atoms with Crippen molar-refractivity contribution in [1.29, 1.82) is 0 Å². The highest BCUT2D eigenvalue weighted by molar-refractivity contribution is 6.39. The van der Waals surface area contributed by atoms with Gasteiger partial charge >= 0.3 is 0 Å². The van der Waals surface area contributed by atoms with Crippen LogP contribution < -0.4 is 5.32 Å². The predicted molar refractivity (Wildman–Crippen MR) is 85.6 cm³/mol. The monoisotopic (exact) mass is 301 g/mol. The largest absolute Gasteiger partial charge is 0.387 e. The molecule has 1 saturated heterocycles. The summed E-state index contributed by atoms with van der Waals surface area (Å²) in [5.74, 6) is -0.134. The average molecular weight is 301 g/mol. The molecule has 118 valence electrons. The van der Waals surface area contributed by atoms with E-state index in [-0.39, 0.29) is 11.5 Å². The Labute approximate surface area is 131 Å². The minimum atomic E-state index is -0.300. The highest BCUT2D eigenvalue weighted by Gasteiger charge is 2.46. The molecule has 1 N–H and O–H groups in total. The Morgan fingerprint density at radius 1 is 1.36 bits per heavy atom. The van der Waals surface area contributed by atoms with Crippen LogP contribution in [0.1, 0.15) is 30.9 Å². The van der Waals surface area contributed by atoms with Crippen LogP contribution in [0.15, 0.2) is 29.4 Å². The standard InChI is InChI=1S/C17H23N3O2/c1-3-13-4-6-14(7-5-13)11-20-9-8-17(12-20)10-15(19-22-17)16(21)18-2/h4-7H,3,8-12H2,1-2H3,(H,18,21)/t17-/m0/s1.